The van der Waals surface area contributed by atoms with Crippen LogP contribution in [0.15, 0.2) is 48.5 Å². The van der Waals surface area contributed by atoms with Crippen LogP contribution in [0, 0.1) is 5.92 Å². The van der Waals surface area contributed by atoms with Crippen LogP contribution in [0.4, 0.5) is 0 Å². The van der Waals surface area contributed by atoms with E-state index < -0.39 is 6.10 Å². The maximum absolute atomic E-state index is 12.7. The van der Waals surface area contributed by atoms with Crippen LogP contribution < -0.4 is 4.74 Å². The highest BCUT2D eigenvalue weighted by molar-refractivity contribution is 6.35. The van der Waals surface area contributed by atoms with Gasteiger partial charge < -0.3 is 9.64 Å². The van der Waals surface area contributed by atoms with Crippen molar-refractivity contribution in [3.8, 4) is 5.75 Å². The van der Waals surface area contributed by atoms with Crippen molar-refractivity contribution >= 4 is 29.1 Å². The average Bonchev–Trinajstić information content (AvgIpc) is 2.65. The van der Waals surface area contributed by atoms with Crippen LogP contribution in [0.25, 0.3) is 0 Å². The molecule has 0 saturated carbocycles. The van der Waals surface area contributed by atoms with Gasteiger partial charge in [0.15, 0.2) is 6.10 Å². The minimum absolute atomic E-state index is 0.00850. The number of hydrogen-bond acceptors (Lipinski definition) is 2. The van der Waals surface area contributed by atoms with Crippen molar-refractivity contribution in [3.63, 3.8) is 0 Å². The molecule has 2 aromatic rings. The zero-order valence-electron chi connectivity index (χ0n) is 14.8. The minimum atomic E-state index is -0.570. The first-order chi connectivity index (χ1) is 12.5. The van der Waals surface area contributed by atoms with E-state index in [0.29, 0.717) is 21.7 Å². The Labute approximate surface area is 164 Å². The first-order valence-electron chi connectivity index (χ1n) is 8.97. The summed E-state index contributed by atoms with van der Waals surface area (Å²) >= 11 is 12.0. The summed E-state index contributed by atoms with van der Waals surface area (Å²) in [7, 11) is 0. The van der Waals surface area contributed by atoms with Crippen LogP contribution in [-0.4, -0.2) is 30.0 Å². The average molecular weight is 392 g/mol. The molecule has 0 aliphatic carbocycles. The molecule has 3 nitrogen and oxygen atoms in total. The lowest BCUT2D eigenvalue weighted by atomic mass is 9.90. The van der Waals surface area contributed by atoms with Gasteiger partial charge in [-0.1, -0.05) is 53.5 Å². The Morgan fingerprint density at radius 1 is 1.15 bits per heavy atom. The van der Waals surface area contributed by atoms with Gasteiger partial charge in [0.25, 0.3) is 5.91 Å². The monoisotopic (exact) mass is 391 g/mol. The summed E-state index contributed by atoms with van der Waals surface area (Å²) < 4.78 is 5.76. The van der Waals surface area contributed by atoms with Crippen molar-refractivity contribution in [1.29, 1.82) is 0 Å². The van der Waals surface area contributed by atoms with E-state index in [4.69, 9.17) is 27.9 Å². The van der Waals surface area contributed by atoms with Gasteiger partial charge in [0.1, 0.15) is 5.75 Å². The van der Waals surface area contributed by atoms with Gasteiger partial charge >= 0.3 is 0 Å². The molecule has 1 heterocycles. The van der Waals surface area contributed by atoms with Crippen LogP contribution in [-0.2, 0) is 11.2 Å². The number of hydrogen-bond donors (Lipinski definition) is 0. The lowest BCUT2D eigenvalue weighted by molar-refractivity contribution is -0.139. The molecule has 0 unspecified atom stereocenters. The molecule has 0 aromatic heterocycles. The first kappa shape index (κ1) is 19.1. The van der Waals surface area contributed by atoms with Gasteiger partial charge in [-0.25, -0.2) is 0 Å². The molecule has 0 N–H and O–H groups in total. The van der Waals surface area contributed by atoms with E-state index in [0.717, 1.165) is 32.4 Å². The molecule has 2 aromatic carbocycles. The topological polar surface area (TPSA) is 29.5 Å². The van der Waals surface area contributed by atoms with Crippen LogP contribution in [0.2, 0.25) is 10.0 Å². The predicted molar refractivity (Wildman–Crippen MR) is 106 cm³/mol. The summed E-state index contributed by atoms with van der Waals surface area (Å²) in [4.78, 5) is 14.6. The van der Waals surface area contributed by atoms with E-state index in [-0.39, 0.29) is 5.91 Å². The molecule has 5 heteroatoms. The number of piperidine rings is 1. The van der Waals surface area contributed by atoms with Gasteiger partial charge in [0.2, 0.25) is 0 Å². The number of ether oxygens (including phenoxy) is 1. The van der Waals surface area contributed by atoms with E-state index in [1.807, 2.05) is 11.0 Å². The molecule has 1 amide bonds. The third-order valence-electron chi connectivity index (χ3n) is 4.84. The van der Waals surface area contributed by atoms with Crippen LogP contribution in [0.3, 0.4) is 0 Å². The molecule has 1 atom stereocenters. The van der Waals surface area contributed by atoms with E-state index >= 15 is 0 Å². The van der Waals surface area contributed by atoms with Gasteiger partial charge in [0.05, 0.1) is 5.02 Å². The molecular weight excluding hydrogens is 369 g/mol. The lowest BCUT2D eigenvalue weighted by Crippen LogP contribution is -2.45. The Kier molecular flexibility index (Phi) is 6.44. The molecule has 1 saturated heterocycles. The van der Waals surface area contributed by atoms with Gasteiger partial charge in [0, 0.05) is 18.1 Å². The van der Waals surface area contributed by atoms with Crippen molar-refractivity contribution in [2.45, 2.75) is 32.3 Å². The quantitative estimate of drug-likeness (QED) is 0.696. The highest BCUT2D eigenvalue weighted by atomic mass is 35.5. The van der Waals surface area contributed by atoms with Crippen LogP contribution in [0.1, 0.15) is 25.3 Å². The van der Waals surface area contributed by atoms with Crippen molar-refractivity contribution < 1.29 is 9.53 Å². The zero-order valence-corrected chi connectivity index (χ0v) is 16.3. The highest BCUT2D eigenvalue weighted by Gasteiger charge is 2.27. The summed E-state index contributed by atoms with van der Waals surface area (Å²) in [6.07, 6.45) is 2.55. The van der Waals surface area contributed by atoms with Crippen molar-refractivity contribution in [3.05, 3.63) is 64.1 Å². The molecular formula is C21H23Cl2NO2. The van der Waals surface area contributed by atoms with Crippen molar-refractivity contribution in [2.24, 2.45) is 5.92 Å². The fourth-order valence-electron chi connectivity index (χ4n) is 3.37. The molecule has 1 aliphatic heterocycles. The SMILES string of the molecule is C[C@H](Oc1ccc(Cl)cc1Cl)C(=O)N1CCC(Cc2ccccc2)CC1. The maximum atomic E-state index is 12.7. The Morgan fingerprint density at radius 3 is 2.50 bits per heavy atom. The fraction of sp³-hybridized carbons (Fsp3) is 0.381. The molecule has 0 radical (unpaired) electrons. The number of likely N-dealkylation sites (tertiary alicyclic amines) is 1. The number of carbonyl (C=O) groups is 1. The largest absolute Gasteiger partial charge is 0.479 e. The fourth-order valence-corrected chi connectivity index (χ4v) is 3.83. The number of amides is 1. The van der Waals surface area contributed by atoms with E-state index in [2.05, 4.69) is 24.3 Å². The van der Waals surface area contributed by atoms with E-state index in [9.17, 15) is 4.79 Å². The summed E-state index contributed by atoms with van der Waals surface area (Å²) in [6.45, 7) is 3.32. The first-order valence-corrected chi connectivity index (χ1v) is 9.73. The Bertz CT molecular complexity index is 743. The number of benzene rings is 2. The number of halogens is 2. The van der Waals surface area contributed by atoms with Crippen molar-refractivity contribution in [2.75, 3.05) is 13.1 Å². The highest BCUT2D eigenvalue weighted by Crippen LogP contribution is 2.29. The zero-order chi connectivity index (χ0) is 18.5. The van der Waals surface area contributed by atoms with E-state index in [1.54, 1.807) is 25.1 Å². The Balaban J connectivity index is 1.51. The molecule has 3 rings (SSSR count). The van der Waals surface area contributed by atoms with Crippen LogP contribution in [0.5, 0.6) is 5.75 Å². The number of carbonyl (C=O) groups excluding carboxylic acids is 1. The molecule has 1 fully saturated rings. The molecule has 1 aliphatic rings. The second-order valence-corrected chi connectivity index (χ2v) is 7.64. The minimum Gasteiger partial charge on any atom is -0.479 e. The second-order valence-electron chi connectivity index (χ2n) is 6.79. The summed E-state index contributed by atoms with van der Waals surface area (Å²) in [5.74, 6) is 1.12. The summed E-state index contributed by atoms with van der Waals surface area (Å²) in [5, 5.41) is 0.959. The van der Waals surface area contributed by atoms with Gasteiger partial charge in [-0.15, -0.1) is 0 Å². The van der Waals surface area contributed by atoms with Gasteiger partial charge in [-0.3, -0.25) is 4.79 Å². The molecule has 138 valence electrons. The third kappa shape index (κ3) is 4.93. The smallest absolute Gasteiger partial charge is 0.263 e. The predicted octanol–water partition coefficient (Wildman–Crippen LogP) is 5.24. The standard InChI is InChI=1S/C21H23Cl2NO2/c1-15(26-20-8-7-18(22)14-19(20)23)21(25)24-11-9-17(10-12-24)13-16-5-3-2-4-6-16/h2-8,14-15,17H,9-13H2,1H3/t15-/m0/s1. The summed E-state index contributed by atoms with van der Waals surface area (Å²) in [6, 6.07) is 15.6. The third-order valence-corrected chi connectivity index (χ3v) is 5.37. The Morgan fingerprint density at radius 2 is 1.85 bits per heavy atom. The normalized spacial score (nSPS) is 16.3. The summed E-state index contributed by atoms with van der Waals surface area (Å²) in [5.41, 5.74) is 1.37. The lowest BCUT2D eigenvalue weighted by Gasteiger charge is -2.33. The molecule has 0 spiro atoms. The van der Waals surface area contributed by atoms with Gasteiger partial charge in [-0.05, 0) is 55.9 Å². The van der Waals surface area contributed by atoms with Crippen molar-refractivity contribution in [1.82, 2.24) is 4.90 Å². The second kappa shape index (κ2) is 8.79. The number of nitrogens with zero attached hydrogens (tertiary/aromatic N) is 1. The maximum Gasteiger partial charge on any atom is 0.263 e. The van der Waals surface area contributed by atoms with E-state index in [1.165, 1.54) is 5.56 Å². The Hall–Kier alpha value is -1.71. The number of rotatable bonds is 5. The molecule has 0 bridgehead atoms. The molecule has 26 heavy (non-hydrogen) atoms. The van der Waals surface area contributed by atoms with Gasteiger partial charge in [-0.2, -0.15) is 0 Å². The van der Waals surface area contributed by atoms with Crippen LogP contribution >= 0.6 is 23.2 Å².